The second kappa shape index (κ2) is 14.0. The molecule has 1 aliphatic heterocycles. The molecule has 1 aromatic heterocycles. The van der Waals surface area contributed by atoms with Crippen LogP contribution in [0.25, 0.3) is 0 Å². The van der Waals surface area contributed by atoms with Gasteiger partial charge >= 0.3 is 0 Å². The zero-order valence-electron chi connectivity index (χ0n) is 20.0. The van der Waals surface area contributed by atoms with Crippen molar-refractivity contribution >= 4 is 5.91 Å². The van der Waals surface area contributed by atoms with Crippen molar-refractivity contribution in [3.63, 3.8) is 0 Å². The Hall–Kier alpha value is -2.33. The van der Waals surface area contributed by atoms with Gasteiger partial charge in [-0.3, -0.25) is 9.69 Å². The van der Waals surface area contributed by atoms with Gasteiger partial charge in [0.25, 0.3) is 5.91 Å². The molecule has 1 saturated heterocycles. The van der Waals surface area contributed by atoms with Gasteiger partial charge < -0.3 is 19.7 Å². The molecule has 1 N–H and O–H groups in total. The number of benzene rings is 1. The molecule has 1 aromatic carbocycles. The summed E-state index contributed by atoms with van der Waals surface area (Å²) in [5, 5.41) is 10.9. The van der Waals surface area contributed by atoms with Crippen LogP contribution in [0.4, 0.5) is 0 Å². The van der Waals surface area contributed by atoms with Crippen LogP contribution in [0.5, 0.6) is 0 Å². The molecule has 0 spiro atoms. The van der Waals surface area contributed by atoms with Gasteiger partial charge in [-0.1, -0.05) is 35.5 Å². The first-order valence-corrected chi connectivity index (χ1v) is 12.1. The number of ether oxygens (including phenoxy) is 2. The molecule has 2 aromatic rings. The number of amides is 1. The molecule has 1 aliphatic rings. The van der Waals surface area contributed by atoms with Crippen molar-refractivity contribution in [2.24, 2.45) is 0 Å². The van der Waals surface area contributed by atoms with Crippen LogP contribution in [0.2, 0.25) is 0 Å². The van der Waals surface area contributed by atoms with Gasteiger partial charge in [0.1, 0.15) is 0 Å². The van der Waals surface area contributed by atoms with E-state index in [0.29, 0.717) is 32.0 Å². The number of nitrogens with one attached hydrogen (secondary N) is 1. The largest absolute Gasteiger partial charge is 0.351 e. The van der Waals surface area contributed by atoms with Crippen LogP contribution in [-0.4, -0.2) is 89.5 Å². The Kier molecular flexibility index (Phi) is 10.8. The van der Waals surface area contributed by atoms with E-state index in [0.717, 1.165) is 52.1 Å². The van der Waals surface area contributed by atoms with Crippen molar-refractivity contribution in [2.45, 2.75) is 46.1 Å². The fraction of sp³-hybridized carbons (Fsp3) is 0.625. The van der Waals surface area contributed by atoms with E-state index in [1.165, 1.54) is 5.56 Å². The predicted octanol–water partition coefficient (Wildman–Crippen LogP) is 2.01. The Morgan fingerprint density at radius 1 is 1.03 bits per heavy atom. The number of unbranched alkanes of at least 4 members (excludes halogenated alkanes) is 1. The minimum absolute atomic E-state index is 0.194. The van der Waals surface area contributed by atoms with Gasteiger partial charge in [-0.15, -0.1) is 5.10 Å². The lowest BCUT2D eigenvalue weighted by Gasteiger charge is -2.34. The Balaban J connectivity index is 1.27. The fourth-order valence-electron chi connectivity index (χ4n) is 3.94. The van der Waals surface area contributed by atoms with Crippen molar-refractivity contribution in [1.82, 2.24) is 30.1 Å². The summed E-state index contributed by atoms with van der Waals surface area (Å²) >= 11 is 0. The van der Waals surface area contributed by atoms with Crippen molar-refractivity contribution in [1.29, 1.82) is 0 Å². The van der Waals surface area contributed by atoms with Crippen LogP contribution < -0.4 is 5.32 Å². The van der Waals surface area contributed by atoms with Crippen LogP contribution in [0, 0.1) is 0 Å². The summed E-state index contributed by atoms with van der Waals surface area (Å²) in [6, 6.07) is 10.7. The number of hydrogen-bond donors (Lipinski definition) is 1. The third-order valence-corrected chi connectivity index (χ3v) is 5.71. The van der Waals surface area contributed by atoms with E-state index < -0.39 is 6.29 Å². The normalized spacial score (nSPS) is 15.2. The molecular weight excluding hydrogens is 420 g/mol. The summed E-state index contributed by atoms with van der Waals surface area (Å²) in [4.78, 5) is 17.4. The molecule has 1 amide bonds. The lowest BCUT2D eigenvalue weighted by atomic mass is 10.2. The monoisotopic (exact) mass is 458 g/mol. The first-order valence-electron chi connectivity index (χ1n) is 12.1. The van der Waals surface area contributed by atoms with Gasteiger partial charge in [0.15, 0.2) is 12.0 Å². The van der Waals surface area contributed by atoms with Crippen LogP contribution >= 0.6 is 0 Å². The van der Waals surface area contributed by atoms with E-state index in [1.807, 2.05) is 13.8 Å². The van der Waals surface area contributed by atoms with Gasteiger partial charge in [0.05, 0.1) is 12.7 Å². The molecule has 0 aliphatic carbocycles. The maximum atomic E-state index is 12.3. The lowest BCUT2D eigenvalue weighted by molar-refractivity contribution is -0.145. The molecule has 0 unspecified atom stereocenters. The Bertz CT molecular complexity index is 802. The summed E-state index contributed by atoms with van der Waals surface area (Å²) in [6.07, 6.45) is 3.25. The van der Waals surface area contributed by atoms with Gasteiger partial charge in [-0.05, 0) is 38.8 Å². The molecule has 3 rings (SSSR count). The quantitative estimate of drug-likeness (QED) is 0.342. The molecular formula is C24H38N6O3. The molecule has 2 heterocycles. The van der Waals surface area contributed by atoms with Gasteiger partial charge in [0.2, 0.25) is 0 Å². The zero-order chi connectivity index (χ0) is 23.3. The van der Waals surface area contributed by atoms with Gasteiger partial charge in [0, 0.05) is 52.5 Å². The zero-order valence-corrected chi connectivity index (χ0v) is 20.0. The number of aromatic nitrogens is 3. The van der Waals surface area contributed by atoms with Crippen molar-refractivity contribution in [2.75, 3.05) is 52.5 Å². The van der Waals surface area contributed by atoms with E-state index in [9.17, 15) is 4.79 Å². The first kappa shape index (κ1) is 25.3. The molecule has 0 radical (unpaired) electrons. The van der Waals surface area contributed by atoms with Crippen LogP contribution in [0.3, 0.4) is 0 Å². The molecule has 1 fully saturated rings. The second-order valence-corrected chi connectivity index (χ2v) is 8.23. The third-order valence-electron chi connectivity index (χ3n) is 5.71. The highest BCUT2D eigenvalue weighted by Crippen LogP contribution is 2.09. The highest BCUT2D eigenvalue weighted by Gasteiger charge is 2.17. The van der Waals surface area contributed by atoms with E-state index in [1.54, 1.807) is 10.9 Å². The molecule has 9 nitrogen and oxygen atoms in total. The molecule has 182 valence electrons. The highest BCUT2D eigenvalue weighted by atomic mass is 16.7. The summed E-state index contributed by atoms with van der Waals surface area (Å²) in [5.41, 5.74) is 1.70. The molecule has 9 heteroatoms. The maximum absolute atomic E-state index is 12.3. The number of nitrogens with zero attached hydrogens (tertiary/aromatic N) is 5. The predicted molar refractivity (Wildman–Crippen MR) is 127 cm³/mol. The summed E-state index contributed by atoms with van der Waals surface area (Å²) in [6.45, 7) is 12.5. The van der Waals surface area contributed by atoms with Gasteiger partial charge in [-0.25, -0.2) is 4.68 Å². The summed E-state index contributed by atoms with van der Waals surface area (Å²) in [7, 11) is 0. The van der Waals surface area contributed by atoms with E-state index in [-0.39, 0.29) is 5.91 Å². The van der Waals surface area contributed by atoms with Crippen molar-refractivity contribution < 1.29 is 14.3 Å². The average molecular weight is 459 g/mol. The molecule has 33 heavy (non-hydrogen) atoms. The number of carbonyl (C=O) groups is 1. The number of hydrogen-bond acceptors (Lipinski definition) is 7. The number of rotatable bonds is 14. The van der Waals surface area contributed by atoms with Crippen molar-refractivity contribution in [3.8, 4) is 0 Å². The summed E-state index contributed by atoms with van der Waals surface area (Å²) in [5.74, 6) is -0.194. The number of carbonyl (C=O) groups excluding carboxylic acids is 1. The lowest BCUT2D eigenvalue weighted by Crippen LogP contribution is -2.46. The minimum Gasteiger partial charge on any atom is -0.351 e. The topological polar surface area (TPSA) is 84.8 Å². The summed E-state index contributed by atoms with van der Waals surface area (Å²) < 4.78 is 12.6. The van der Waals surface area contributed by atoms with Crippen LogP contribution in [-0.2, 0) is 22.6 Å². The standard InChI is InChI=1S/C24H38N6O3/c1-3-32-23(33-4-2)20-30-19-22(26-27-30)24(31)25-12-8-9-13-28-14-16-29(17-15-28)18-21-10-6-5-7-11-21/h5-7,10-11,19,23H,3-4,8-9,12-18,20H2,1-2H3,(H,25,31). The van der Waals surface area contributed by atoms with E-state index >= 15 is 0 Å². The fourth-order valence-corrected chi connectivity index (χ4v) is 3.94. The Labute approximate surface area is 197 Å². The first-order chi connectivity index (χ1) is 16.2. The van der Waals surface area contributed by atoms with Gasteiger partial charge in [-0.2, -0.15) is 0 Å². The molecule has 0 bridgehead atoms. The SMILES string of the molecule is CCOC(Cn1cc(C(=O)NCCCCN2CCN(Cc3ccccc3)CC2)nn1)OCC. The highest BCUT2D eigenvalue weighted by molar-refractivity contribution is 5.91. The smallest absolute Gasteiger partial charge is 0.273 e. The average Bonchev–Trinajstić information content (AvgIpc) is 3.29. The maximum Gasteiger partial charge on any atom is 0.273 e. The number of piperazine rings is 1. The second-order valence-electron chi connectivity index (χ2n) is 8.23. The third kappa shape index (κ3) is 8.85. The van der Waals surface area contributed by atoms with E-state index in [2.05, 4.69) is 55.8 Å². The Morgan fingerprint density at radius 3 is 2.42 bits per heavy atom. The van der Waals surface area contributed by atoms with E-state index in [4.69, 9.17) is 9.47 Å². The Morgan fingerprint density at radius 2 is 1.73 bits per heavy atom. The van der Waals surface area contributed by atoms with Crippen LogP contribution in [0.15, 0.2) is 36.5 Å². The van der Waals surface area contributed by atoms with Crippen LogP contribution in [0.1, 0.15) is 42.7 Å². The minimum atomic E-state index is -0.391. The molecule has 0 saturated carbocycles. The molecule has 0 atom stereocenters. The van der Waals surface area contributed by atoms with Crippen molar-refractivity contribution in [3.05, 3.63) is 47.8 Å².